The Morgan fingerprint density at radius 2 is 2.04 bits per heavy atom. The molecule has 0 unspecified atom stereocenters. The molecule has 0 aliphatic heterocycles. The third-order valence-electron chi connectivity index (χ3n) is 7.06. The summed E-state index contributed by atoms with van der Waals surface area (Å²) in [4.78, 5) is 3.41. The lowest BCUT2D eigenvalue weighted by molar-refractivity contribution is -0.00813. The number of hydrogen-bond acceptors (Lipinski definition) is 1. The first kappa shape index (κ1) is 14.6. The predicted molar refractivity (Wildman–Crippen MR) is 101 cm³/mol. The summed E-state index contributed by atoms with van der Waals surface area (Å²) >= 11 is 0. The van der Waals surface area contributed by atoms with Gasteiger partial charge < -0.3 is 10.3 Å². The number of aromatic nitrogens is 1. The minimum Gasteiger partial charge on any atom is -0.359 e. The maximum Gasteiger partial charge on any atom is 0.0639 e. The minimum absolute atomic E-state index is 0.674. The molecule has 126 valence electrons. The number of H-pyrrole nitrogens is 1. The van der Waals surface area contributed by atoms with E-state index in [-0.39, 0.29) is 0 Å². The smallest absolute Gasteiger partial charge is 0.0639 e. The van der Waals surface area contributed by atoms with Crippen LogP contribution in [0.3, 0.4) is 0 Å². The standard InChI is InChI=1S/C22H28N2/c1-15(18-12-22(13-18)8-3-9-22)24-21-14-23-20-7-6-17(11-19(20)21)10-16-4-2-5-16/h6-7,11,14,16,18,23-24H,1-5,8-10,12-13H2. The highest BCUT2D eigenvalue weighted by molar-refractivity contribution is 5.93. The second-order valence-corrected chi connectivity index (χ2v) is 8.69. The molecule has 2 nitrogen and oxygen atoms in total. The van der Waals surface area contributed by atoms with Gasteiger partial charge in [0.25, 0.3) is 0 Å². The normalized spacial score (nSPS) is 22.8. The molecule has 0 radical (unpaired) electrons. The molecule has 0 atom stereocenters. The number of anilines is 1. The highest BCUT2D eigenvalue weighted by Crippen LogP contribution is 2.60. The van der Waals surface area contributed by atoms with Crippen LogP contribution in [0.4, 0.5) is 5.69 Å². The van der Waals surface area contributed by atoms with Gasteiger partial charge in [-0.1, -0.05) is 38.3 Å². The Bertz CT molecular complexity index is 768. The molecule has 0 bridgehead atoms. The van der Waals surface area contributed by atoms with E-state index in [1.165, 1.54) is 85.6 Å². The van der Waals surface area contributed by atoms with Crippen LogP contribution < -0.4 is 5.32 Å². The van der Waals surface area contributed by atoms with Gasteiger partial charge in [-0.2, -0.15) is 0 Å². The molecular formula is C22H28N2. The molecule has 1 aromatic heterocycles. The average Bonchev–Trinajstić information content (AvgIpc) is 2.82. The van der Waals surface area contributed by atoms with Gasteiger partial charge in [0, 0.05) is 22.8 Å². The van der Waals surface area contributed by atoms with Crippen molar-refractivity contribution in [2.24, 2.45) is 17.3 Å². The number of nitrogens with one attached hydrogen (secondary N) is 2. The third kappa shape index (κ3) is 2.39. The van der Waals surface area contributed by atoms with Crippen molar-refractivity contribution >= 4 is 16.6 Å². The summed E-state index contributed by atoms with van der Waals surface area (Å²) in [6.45, 7) is 4.35. The van der Waals surface area contributed by atoms with Crippen LogP contribution >= 0.6 is 0 Å². The summed E-state index contributed by atoms with van der Waals surface area (Å²) < 4.78 is 0. The topological polar surface area (TPSA) is 27.8 Å². The van der Waals surface area contributed by atoms with E-state index in [4.69, 9.17) is 0 Å². The fourth-order valence-corrected chi connectivity index (χ4v) is 5.02. The fraction of sp³-hybridized carbons (Fsp3) is 0.545. The van der Waals surface area contributed by atoms with Crippen molar-refractivity contribution in [1.29, 1.82) is 0 Å². The van der Waals surface area contributed by atoms with Crippen molar-refractivity contribution in [3.8, 4) is 0 Å². The van der Waals surface area contributed by atoms with Crippen LogP contribution in [0.1, 0.15) is 56.9 Å². The molecule has 0 amide bonds. The van der Waals surface area contributed by atoms with Gasteiger partial charge in [0.05, 0.1) is 5.69 Å². The molecule has 2 heteroatoms. The predicted octanol–water partition coefficient (Wildman–Crippen LogP) is 6.02. The Morgan fingerprint density at radius 3 is 2.71 bits per heavy atom. The van der Waals surface area contributed by atoms with Gasteiger partial charge in [0.15, 0.2) is 0 Å². The summed E-state index contributed by atoms with van der Waals surface area (Å²) in [5, 5.41) is 4.96. The van der Waals surface area contributed by atoms with Crippen molar-refractivity contribution in [2.75, 3.05) is 5.32 Å². The van der Waals surface area contributed by atoms with Gasteiger partial charge in [0.1, 0.15) is 0 Å². The Labute approximate surface area is 144 Å². The van der Waals surface area contributed by atoms with E-state index in [9.17, 15) is 0 Å². The number of benzene rings is 1. The molecule has 0 saturated heterocycles. The third-order valence-corrected chi connectivity index (χ3v) is 7.06. The van der Waals surface area contributed by atoms with Crippen LogP contribution in [0, 0.1) is 17.3 Å². The summed E-state index contributed by atoms with van der Waals surface area (Å²) in [5.41, 5.74) is 5.85. The van der Waals surface area contributed by atoms with Crippen LogP contribution in [-0.4, -0.2) is 4.98 Å². The zero-order valence-corrected chi connectivity index (χ0v) is 14.5. The van der Waals surface area contributed by atoms with Crippen LogP contribution in [0.5, 0.6) is 0 Å². The molecule has 3 aliphatic rings. The lowest BCUT2D eigenvalue weighted by Gasteiger charge is -2.54. The minimum atomic E-state index is 0.674. The van der Waals surface area contributed by atoms with E-state index in [1.807, 2.05) is 0 Å². The van der Waals surface area contributed by atoms with Gasteiger partial charge in [0.2, 0.25) is 0 Å². The van der Waals surface area contributed by atoms with Crippen LogP contribution in [0.2, 0.25) is 0 Å². The molecule has 2 aromatic rings. The van der Waals surface area contributed by atoms with E-state index >= 15 is 0 Å². The van der Waals surface area contributed by atoms with Gasteiger partial charge in [-0.25, -0.2) is 0 Å². The molecule has 2 N–H and O–H groups in total. The summed E-state index contributed by atoms with van der Waals surface area (Å²) in [6, 6.07) is 6.92. The summed E-state index contributed by atoms with van der Waals surface area (Å²) in [7, 11) is 0. The number of fused-ring (bicyclic) bond motifs is 1. The average molecular weight is 320 g/mol. The van der Waals surface area contributed by atoms with Crippen LogP contribution in [-0.2, 0) is 6.42 Å². The number of rotatable bonds is 5. The first-order valence-electron chi connectivity index (χ1n) is 9.77. The molecule has 1 spiro atoms. The van der Waals surface area contributed by atoms with Gasteiger partial charge in [-0.3, -0.25) is 0 Å². The van der Waals surface area contributed by atoms with Gasteiger partial charge in [-0.05, 0) is 67.1 Å². The molecule has 5 rings (SSSR count). The Kier molecular flexibility index (Phi) is 3.29. The number of hydrogen-bond donors (Lipinski definition) is 2. The van der Waals surface area contributed by atoms with E-state index in [2.05, 4.69) is 41.3 Å². The van der Waals surface area contributed by atoms with Crippen molar-refractivity contribution in [3.05, 3.63) is 42.2 Å². The Balaban J connectivity index is 1.30. The summed E-state index contributed by atoms with van der Waals surface area (Å²) in [6.07, 6.45) is 14.7. The molecule has 3 saturated carbocycles. The van der Waals surface area contributed by atoms with Crippen molar-refractivity contribution in [3.63, 3.8) is 0 Å². The highest BCUT2D eigenvalue weighted by atomic mass is 14.9. The SMILES string of the molecule is C=C(Nc1c[nH]c2ccc(CC3CCC3)cc12)C1CC2(CCC2)C1. The lowest BCUT2D eigenvalue weighted by Crippen LogP contribution is -2.44. The van der Waals surface area contributed by atoms with E-state index in [1.54, 1.807) is 0 Å². The second-order valence-electron chi connectivity index (χ2n) is 8.69. The van der Waals surface area contributed by atoms with E-state index < -0.39 is 0 Å². The first-order valence-corrected chi connectivity index (χ1v) is 9.77. The monoisotopic (exact) mass is 320 g/mol. The maximum atomic E-state index is 4.35. The van der Waals surface area contributed by atoms with Crippen molar-refractivity contribution in [2.45, 2.75) is 57.8 Å². The molecule has 24 heavy (non-hydrogen) atoms. The molecule has 3 fully saturated rings. The quantitative estimate of drug-likeness (QED) is 0.693. The highest BCUT2D eigenvalue weighted by Gasteiger charge is 2.48. The Hall–Kier alpha value is -1.70. The van der Waals surface area contributed by atoms with Crippen LogP contribution in [0.25, 0.3) is 10.9 Å². The number of aromatic amines is 1. The van der Waals surface area contributed by atoms with Gasteiger partial charge in [-0.15, -0.1) is 0 Å². The zero-order chi connectivity index (χ0) is 16.1. The first-order chi connectivity index (χ1) is 11.7. The van der Waals surface area contributed by atoms with E-state index in [0.717, 1.165) is 5.92 Å². The molecule has 3 aliphatic carbocycles. The van der Waals surface area contributed by atoms with Crippen LogP contribution in [0.15, 0.2) is 36.7 Å². The lowest BCUT2D eigenvalue weighted by atomic mass is 9.51. The largest absolute Gasteiger partial charge is 0.359 e. The van der Waals surface area contributed by atoms with E-state index in [0.29, 0.717) is 11.3 Å². The fourth-order valence-electron chi connectivity index (χ4n) is 5.02. The Morgan fingerprint density at radius 1 is 1.21 bits per heavy atom. The van der Waals surface area contributed by atoms with Crippen molar-refractivity contribution in [1.82, 2.24) is 4.98 Å². The van der Waals surface area contributed by atoms with Crippen molar-refractivity contribution < 1.29 is 0 Å². The molecular weight excluding hydrogens is 292 g/mol. The maximum absolute atomic E-state index is 4.35. The molecule has 1 heterocycles. The summed E-state index contributed by atoms with van der Waals surface area (Å²) in [5.74, 6) is 1.59. The zero-order valence-electron chi connectivity index (χ0n) is 14.5. The second kappa shape index (κ2) is 5.40. The van der Waals surface area contributed by atoms with Gasteiger partial charge >= 0.3 is 0 Å². The number of allylic oxidation sites excluding steroid dienone is 1. The molecule has 1 aromatic carbocycles.